The SMILES string of the molecule is COc1ccc(Cl)cc1NC(=O)COC(=O)c1ccc(Cl)c(S(=O)(=O)N2CCc3ccccc32)c1. The molecule has 3 aromatic carbocycles. The van der Waals surface area contributed by atoms with Crippen LogP contribution in [0.5, 0.6) is 5.75 Å². The Morgan fingerprint density at radius 1 is 1.06 bits per heavy atom. The maximum Gasteiger partial charge on any atom is 0.338 e. The topological polar surface area (TPSA) is 102 Å². The molecule has 0 bridgehead atoms. The summed E-state index contributed by atoms with van der Waals surface area (Å²) in [5.74, 6) is -1.13. The van der Waals surface area contributed by atoms with Crippen molar-refractivity contribution >= 4 is 56.5 Å². The van der Waals surface area contributed by atoms with Crippen LogP contribution in [0.1, 0.15) is 15.9 Å². The lowest BCUT2D eigenvalue weighted by Gasteiger charge is -2.20. The lowest BCUT2D eigenvalue weighted by Crippen LogP contribution is -2.29. The Hall–Kier alpha value is -3.27. The largest absolute Gasteiger partial charge is 0.495 e. The molecule has 11 heteroatoms. The highest BCUT2D eigenvalue weighted by Gasteiger charge is 2.32. The number of benzene rings is 3. The summed E-state index contributed by atoms with van der Waals surface area (Å²) < 4.78 is 38.2. The molecule has 0 saturated carbocycles. The van der Waals surface area contributed by atoms with Crippen molar-refractivity contribution in [2.75, 3.05) is 29.9 Å². The number of fused-ring (bicyclic) bond motifs is 1. The van der Waals surface area contributed by atoms with Crippen LogP contribution < -0.4 is 14.4 Å². The van der Waals surface area contributed by atoms with E-state index in [-0.39, 0.29) is 22.0 Å². The third-order valence-corrected chi connectivity index (χ3v) is 7.88. The van der Waals surface area contributed by atoms with Crippen molar-refractivity contribution in [3.8, 4) is 5.75 Å². The smallest absolute Gasteiger partial charge is 0.338 e. The van der Waals surface area contributed by atoms with E-state index in [1.165, 1.54) is 29.6 Å². The number of para-hydroxylation sites is 1. The van der Waals surface area contributed by atoms with Gasteiger partial charge in [0.05, 0.1) is 29.1 Å². The molecule has 0 aromatic heterocycles. The maximum absolute atomic E-state index is 13.4. The first kappa shape index (κ1) is 24.8. The van der Waals surface area contributed by atoms with Crippen LogP contribution in [0.25, 0.3) is 0 Å². The van der Waals surface area contributed by atoms with Gasteiger partial charge in [0.25, 0.3) is 15.9 Å². The number of halogens is 2. The van der Waals surface area contributed by atoms with Gasteiger partial charge in [-0.1, -0.05) is 41.4 Å². The van der Waals surface area contributed by atoms with Crippen molar-refractivity contribution in [3.63, 3.8) is 0 Å². The molecule has 1 amide bonds. The summed E-state index contributed by atoms with van der Waals surface area (Å²) in [6, 6.07) is 15.7. The Bertz CT molecular complexity index is 1410. The number of amides is 1. The Morgan fingerprint density at radius 2 is 1.83 bits per heavy atom. The van der Waals surface area contributed by atoms with Gasteiger partial charge in [0.2, 0.25) is 0 Å². The molecule has 1 aliphatic heterocycles. The molecule has 4 rings (SSSR count). The minimum absolute atomic E-state index is 0.0308. The van der Waals surface area contributed by atoms with Crippen LogP contribution in [0.4, 0.5) is 11.4 Å². The second-order valence-corrected chi connectivity index (χ2v) is 10.2. The van der Waals surface area contributed by atoms with Gasteiger partial charge in [0, 0.05) is 11.6 Å². The van der Waals surface area contributed by atoms with Gasteiger partial charge in [-0.2, -0.15) is 0 Å². The summed E-state index contributed by atoms with van der Waals surface area (Å²) in [4.78, 5) is 24.7. The van der Waals surface area contributed by atoms with Gasteiger partial charge in [0.1, 0.15) is 10.6 Å². The van der Waals surface area contributed by atoms with Crippen LogP contribution in [-0.2, 0) is 26.0 Å². The number of ether oxygens (including phenoxy) is 2. The number of anilines is 2. The molecule has 0 radical (unpaired) electrons. The summed E-state index contributed by atoms with van der Waals surface area (Å²) in [5, 5.41) is 2.90. The van der Waals surface area contributed by atoms with E-state index in [2.05, 4.69) is 5.32 Å². The predicted molar refractivity (Wildman–Crippen MR) is 133 cm³/mol. The van der Waals surface area contributed by atoms with Crippen LogP contribution in [0.15, 0.2) is 65.6 Å². The van der Waals surface area contributed by atoms with Crippen LogP contribution >= 0.6 is 23.2 Å². The number of nitrogens with one attached hydrogen (secondary N) is 1. The zero-order valence-electron chi connectivity index (χ0n) is 18.5. The molecule has 35 heavy (non-hydrogen) atoms. The monoisotopic (exact) mass is 534 g/mol. The lowest BCUT2D eigenvalue weighted by molar-refractivity contribution is -0.119. The average Bonchev–Trinajstić information content (AvgIpc) is 3.28. The Labute approximate surface area is 212 Å². The summed E-state index contributed by atoms with van der Waals surface area (Å²) in [7, 11) is -2.60. The van der Waals surface area contributed by atoms with Gasteiger partial charge in [-0.05, 0) is 54.4 Å². The highest BCUT2D eigenvalue weighted by molar-refractivity contribution is 7.93. The molecule has 1 aliphatic rings. The predicted octanol–water partition coefficient (Wildman–Crippen LogP) is 4.55. The van der Waals surface area contributed by atoms with Crippen LogP contribution in [-0.4, -0.2) is 40.6 Å². The fourth-order valence-corrected chi connectivity index (χ4v) is 5.86. The third kappa shape index (κ3) is 5.22. The summed E-state index contributed by atoms with van der Waals surface area (Å²) in [5.41, 5.74) is 1.73. The second kappa shape index (κ2) is 10.2. The Kier molecular flexibility index (Phi) is 7.20. The normalized spacial score (nSPS) is 12.7. The maximum atomic E-state index is 13.4. The van der Waals surface area contributed by atoms with Gasteiger partial charge in [-0.15, -0.1) is 0 Å². The van der Waals surface area contributed by atoms with E-state index in [0.717, 1.165) is 11.6 Å². The Balaban J connectivity index is 1.48. The molecule has 0 unspecified atom stereocenters. The average molecular weight is 535 g/mol. The number of carbonyl (C=O) groups is 2. The van der Waals surface area contributed by atoms with E-state index < -0.39 is 28.5 Å². The third-order valence-electron chi connectivity index (χ3n) is 5.35. The fraction of sp³-hybridized carbons (Fsp3) is 0.167. The summed E-state index contributed by atoms with van der Waals surface area (Å²) in [6.45, 7) is -0.349. The van der Waals surface area contributed by atoms with Crippen LogP contribution in [0, 0.1) is 0 Å². The van der Waals surface area contributed by atoms with Crippen molar-refractivity contribution in [1.29, 1.82) is 0 Å². The zero-order valence-corrected chi connectivity index (χ0v) is 20.8. The van der Waals surface area contributed by atoms with E-state index in [1.807, 2.05) is 12.1 Å². The minimum Gasteiger partial charge on any atom is -0.495 e. The van der Waals surface area contributed by atoms with Gasteiger partial charge >= 0.3 is 5.97 Å². The molecule has 0 spiro atoms. The highest BCUT2D eigenvalue weighted by Crippen LogP contribution is 2.35. The molecule has 1 heterocycles. The van der Waals surface area contributed by atoms with Crippen LogP contribution in [0.2, 0.25) is 10.0 Å². The number of esters is 1. The first-order valence-corrected chi connectivity index (χ1v) is 12.6. The molecular formula is C24H20Cl2N2O6S. The number of hydrogen-bond donors (Lipinski definition) is 1. The number of methoxy groups -OCH3 is 1. The van der Waals surface area contributed by atoms with Crippen LogP contribution in [0.3, 0.4) is 0 Å². The van der Waals surface area contributed by atoms with E-state index in [9.17, 15) is 18.0 Å². The van der Waals surface area contributed by atoms with E-state index >= 15 is 0 Å². The van der Waals surface area contributed by atoms with Gasteiger partial charge < -0.3 is 14.8 Å². The van der Waals surface area contributed by atoms with Crippen molar-refractivity contribution in [3.05, 3.63) is 81.8 Å². The quantitative estimate of drug-likeness (QED) is 0.446. The molecule has 8 nitrogen and oxygen atoms in total. The van der Waals surface area contributed by atoms with Gasteiger partial charge in [-0.25, -0.2) is 13.2 Å². The molecule has 0 atom stereocenters. The van der Waals surface area contributed by atoms with Gasteiger partial charge in [-0.3, -0.25) is 9.10 Å². The number of rotatable bonds is 7. The summed E-state index contributed by atoms with van der Waals surface area (Å²) >= 11 is 12.2. The minimum atomic E-state index is -4.03. The molecule has 182 valence electrons. The number of nitrogens with zero attached hydrogens (tertiary/aromatic N) is 1. The molecule has 1 N–H and O–H groups in total. The number of carbonyl (C=O) groups excluding carboxylic acids is 2. The molecule has 0 aliphatic carbocycles. The highest BCUT2D eigenvalue weighted by atomic mass is 35.5. The van der Waals surface area contributed by atoms with E-state index in [4.69, 9.17) is 32.7 Å². The molecule has 3 aromatic rings. The van der Waals surface area contributed by atoms with Crippen molar-refractivity contribution in [1.82, 2.24) is 0 Å². The van der Waals surface area contributed by atoms with E-state index in [1.54, 1.807) is 24.3 Å². The van der Waals surface area contributed by atoms with Crippen molar-refractivity contribution in [2.24, 2.45) is 0 Å². The number of hydrogen-bond acceptors (Lipinski definition) is 6. The van der Waals surface area contributed by atoms with Gasteiger partial charge in [0.15, 0.2) is 6.61 Å². The first-order valence-electron chi connectivity index (χ1n) is 10.4. The van der Waals surface area contributed by atoms with Crippen molar-refractivity contribution in [2.45, 2.75) is 11.3 Å². The summed E-state index contributed by atoms with van der Waals surface area (Å²) in [6.07, 6.45) is 0.571. The molecule has 0 fully saturated rings. The zero-order chi connectivity index (χ0) is 25.2. The van der Waals surface area contributed by atoms with Crippen molar-refractivity contribution < 1.29 is 27.5 Å². The first-order chi connectivity index (χ1) is 16.7. The molecule has 0 saturated heterocycles. The lowest BCUT2D eigenvalue weighted by atomic mass is 10.2. The number of sulfonamides is 1. The fourth-order valence-electron chi connectivity index (χ4n) is 3.68. The standard InChI is InChI=1S/C24H20Cl2N2O6S/c1-33-21-9-7-17(25)13-19(21)27-23(29)14-34-24(30)16-6-8-18(26)22(12-16)35(31,32)28-11-10-15-4-2-3-5-20(15)28/h2-9,12-13H,10-11,14H2,1H3,(H,27,29). The van der Waals surface area contributed by atoms with E-state index in [0.29, 0.717) is 28.6 Å². The molecular weight excluding hydrogens is 515 g/mol. The second-order valence-electron chi connectivity index (χ2n) is 7.57. The Morgan fingerprint density at radius 3 is 2.60 bits per heavy atom.